The first-order chi connectivity index (χ1) is 9.61. The Morgan fingerprint density at radius 2 is 2.05 bits per heavy atom. The van der Waals surface area contributed by atoms with Gasteiger partial charge in [0.25, 0.3) is 5.91 Å². The zero-order chi connectivity index (χ0) is 14.5. The summed E-state index contributed by atoms with van der Waals surface area (Å²) in [5.41, 5.74) is 1.74. The van der Waals surface area contributed by atoms with Crippen molar-refractivity contribution in [2.24, 2.45) is 0 Å². The first-order valence-electron chi connectivity index (χ1n) is 6.86. The minimum atomic E-state index is -0.813. The van der Waals surface area contributed by atoms with E-state index in [4.69, 9.17) is 4.74 Å². The van der Waals surface area contributed by atoms with Gasteiger partial charge in [0, 0.05) is 47.6 Å². The molecule has 0 saturated carbocycles. The van der Waals surface area contributed by atoms with Gasteiger partial charge in [-0.1, -0.05) is 19.1 Å². The van der Waals surface area contributed by atoms with Crippen LogP contribution in [0.5, 0.6) is 0 Å². The topological polar surface area (TPSA) is 46.6 Å². The number of hydrogen-bond donors (Lipinski definition) is 0. The van der Waals surface area contributed by atoms with Crippen molar-refractivity contribution >= 4 is 16.7 Å². The second-order valence-electron chi connectivity index (χ2n) is 5.11. The molecule has 1 heterocycles. The van der Waals surface area contributed by atoms with E-state index < -0.39 is 10.8 Å². The van der Waals surface area contributed by atoms with Crippen molar-refractivity contribution in [2.75, 3.05) is 26.0 Å². The van der Waals surface area contributed by atoms with Crippen molar-refractivity contribution in [3.05, 3.63) is 35.4 Å². The molecular formula is C15H21NO3S. The lowest BCUT2D eigenvalue weighted by molar-refractivity contribution is 0.0767. The molecule has 1 aliphatic rings. The fourth-order valence-corrected chi connectivity index (χ4v) is 3.45. The first-order valence-corrected chi connectivity index (χ1v) is 8.24. The molecule has 1 aliphatic heterocycles. The summed E-state index contributed by atoms with van der Waals surface area (Å²) >= 11 is 0. The monoisotopic (exact) mass is 295 g/mol. The quantitative estimate of drug-likeness (QED) is 0.854. The highest BCUT2D eigenvalue weighted by Gasteiger charge is 2.23. The van der Waals surface area contributed by atoms with Gasteiger partial charge in [-0.15, -0.1) is 0 Å². The van der Waals surface area contributed by atoms with Crippen LogP contribution in [-0.2, 0) is 22.1 Å². The molecule has 4 nitrogen and oxygen atoms in total. The maximum absolute atomic E-state index is 12.4. The fourth-order valence-electron chi connectivity index (χ4n) is 2.28. The molecule has 0 bridgehead atoms. The summed E-state index contributed by atoms with van der Waals surface area (Å²) in [5.74, 6) is 0.606. The normalized spacial score (nSPS) is 23.4. The molecular weight excluding hydrogens is 274 g/mol. The van der Waals surface area contributed by atoms with Gasteiger partial charge in [-0.25, -0.2) is 0 Å². The van der Waals surface area contributed by atoms with Crippen molar-refractivity contribution < 1.29 is 13.7 Å². The van der Waals surface area contributed by atoms with Gasteiger partial charge in [-0.2, -0.15) is 0 Å². The van der Waals surface area contributed by atoms with Crippen LogP contribution in [0.25, 0.3) is 0 Å². The Balaban J connectivity index is 2.04. The highest BCUT2D eigenvalue weighted by Crippen LogP contribution is 2.14. The van der Waals surface area contributed by atoms with E-state index in [-0.39, 0.29) is 11.2 Å². The highest BCUT2D eigenvalue weighted by atomic mass is 32.2. The molecule has 2 atom stereocenters. The number of nitrogens with zero attached hydrogens (tertiary/aromatic N) is 1. The predicted octanol–water partition coefficient (Wildman–Crippen LogP) is 1.82. The Labute approximate surface area is 122 Å². The van der Waals surface area contributed by atoms with E-state index in [1.54, 1.807) is 7.11 Å². The Bertz CT molecular complexity index is 486. The van der Waals surface area contributed by atoms with Gasteiger partial charge in [0.2, 0.25) is 0 Å². The summed E-state index contributed by atoms with van der Waals surface area (Å²) in [7, 11) is 0.838. The molecule has 1 saturated heterocycles. The minimum Gasteiger partial charge on any atom is -0.380 e. The summed E-state index contributed by atoms with van der Waals surface area (Å²) in [6.45, 7) is 3.81. The lowest BCUT2D eigenvalue weighted by Crippen LogP contribution is -2.33. The summed E-state index contributed by atoms with van der Waals surface area (Å²) in [4.78, 5) is 14.2. The number of rotatable bonds is 3. The number of methoxy groups -OCH3 is 1. The van der Waals surface area contributed by atoms with Gasteiger partial charge in [0.1, 0.15) is 0 Å². The predicted molar refractivity (Wildman–Crippen MR) is 80.1 cm³/mol. The average Bonchev–Trinajstić information content (AvgIpc) is 2.62. The zero-order valence-electron chi connectivity index (χ0n) is 12.0. The van der Waals surface area contributed by atoms with Gasteiger partial charge in [-0.3, -0.25) is 9.00 Å². The standard InChI is InChI=1S/C15H21NO3S/c1-12-7-8-16(9-10-20(12)18)15(17)14-5-3-13(4-6-14)11-19-2/h3-6,12H,7-11H2,1-2H3/t12-,20+/m1/s1. The molecule has 0 spiro atoms. The molecule has 1 amide bonds. The van der Waals surface area contributed by atoms with Crippen molar-refractivity contribution in [2.45, 2.75) is 25.2 Å². The number of benzene rings is 1. The molecule has 0 radical (unpaired) electrons. The molecule has 1 fully saturated rings. The van der Waals surface area contributed by atoms with E-state index in [0.717, 1.165) is 12.0 Å². The summed E-state index contributed by atoms with van der Waals surface area (Å²) in [6.07, 6.45) is 0.806. The Morgan fingerprint density at radius 3 is 2.70 bits per heavy atom. The van der Waals surface area contributed by atoms with E-state index in [9.17, 15) is 9.00 Å². The van der Waals surface area contributed by atoms with Crippen molar-refractivity contribution in [1.82, 2.24) is 4.90 Å². The van der Waals surface area contributed by atoms with Crippen molar-refractivity contribution in [3.63, 3.8) is 0 Å². The third-order valence-electron chi connectivity index (χ3n) is 3.62. The van der Waals surface area contributed by atoms with Gasteiger partial charge in [0.15, 0.2) is 0 Å². The first kappa shape index (κ1) is 15.2. The Kier molecular flexibility index (Phi) is 5.31. The molecule has 0 aromatic heterocycles. The van der Waals surface area contributed by atoms with Gasteiger partial charge < -0.3 is 9.64 Å². The molecule has 0 N–H and O–H groups in total. The SMILES string of the molecule is COCc1ccc(C(=O)N2CC[C@@H](C)[S@@](=O)CC2)cc1. The summed E-state index contributed by atoms with van der Waals surface area (Å²) < 4.78 is 16.9. The third kappa shape index (κ3) is 3.67. The van der Waals surface area contributed by atoms with E-state index >= 15 is 0 Å². The second kappa shape index (κ2) is 6.99. The van der Waals surface area contributed by atoms with E-state index in [1.807, 2.05) is 36.1 Å². The van der Waals surface area contributed by atoms with Crippen LogP contribution in [0.4, 0.5) is 0 Å². The second-order valence-corrected chi connectivity index (χ2v) is 7.08. The van der Waals surface area contributed by atoms with Crippen LogP contribution < -0.4 is 0 Å². The number of ether oxygens (including phenoxy) is 1. The molecule has 5 heteroatoms. The van der Waals surface area contributed by atoms with E-state index in [1.165, 1.54) is 0 Å². The van der Waals surface area contributed by atoms with Crippen LogP contribution in [0.1, 0.15) is 29.3 Å². The summed E-state index contributed by atoms with van der Waals surface area (Å²) in [5, 5.41) is 0.178. The zero-order valence-corrected chi connectivity index (χ0v) is 12.8. The lowest BCUT2D eigenvalue weighted by Gasteiger charge is -2.20. The van der Waals surface area contributed by atoms with Gasteiger partial charge in [0.05, 0.1) is 6.61 Å². The molecule has 20 heavy (non-hydrogen) atoms. The number of carbonyl (C=O) groups excluding carboxylic acids is 1. The molecule has 0 unspecified atom stereocenters. The number of hydrogen-bond acceptors (Lipinski definition) is 3. The van der Waals surface area contributed by atoms with Crippen LogP contribution in [-0.4, -0.2) is 46.2 Å². The summed E-state index contributed by atoms with van der Waals surface area (Å²) in [6, 6.07) is 7.49. The van der Waals surface area contributed by atoms with Crippen molar-refractivity contribution in [1.29, 1.82) is 0 Å². The smallest absolute Gasteiger partial charge is 0.253 e. The van der Waals surface area contributed by atoms with Gasteiger partial charge >= 0.3 is 0 Å². The number of amides is 1. The van der Waals surface area contributed by atoms with Crippen LogP contribution in [0, 0.1) is 0 Å². The molecule has 110 valence electrons. The van der Waals surface area contributed by atoms with E-state index in [0.29, 0.717) is 31.0 Å². The van der Waals surface area contributed by atoms with E-state index in [2.05, 4.69) is 0 Å². The third-order valence-corrected chi connectivity index (χ3v) is 5.33. The highest BCUT2D eigenvalue weighted by molar-refractivity contribution is 7.85. The molecule has 0 aliphatic carbocycles. The van der Waals surface area contributed by atoms with Gasteiger partial charge in [-0.05, 0) is 24.1 Å². The Morgan fingerprint density at radius 1 is 1.35 bits per heavy atom. The maximum atomic E-state index is 12.4. The lowest BCUT2D eigenvalue weighted by atomic mass is 10.1. The van der Waals surface area contributed by atoms with Crippen LogP contribution in [0.15, 0.2) is 24.3 Å². The molecule has 1 aromatic carbocycles. The Hall–Kier alpha value is -1.20. The minimum absolute atomic E-state index is 0.0278. The molecule has 2 rings (SSSR count). The number of carbonyl (C=O) groups is 1. The van der Waals surface area contributed by atoms with Crippen LogP contribution in [0.3, 0.4) is 0 Å². The van der Waals surface area contributed by atoms with Crippen molar-refractivity contribution in [3.8, 4) is 0 Å². The van der Waals surface area contributed by atoms with Crippen LogP contribution in [0.2, 0.25) is 0 Å². The maximum Gasteiger partial charge on any atom is 0.253 e. The largest absolute Gasteiger partial charge is 0.380 e. The fraction of sp³-hybridized carbons (Fsp3) is 0.533. The van der Waals surface area contributed by atoms with Crippen LogP contribution >= 0.6 is 0 Å². The average molecular weight is 295 g/mol. The molecule has 1 aromatic rings.